The van der Waals surface area contributed by atoms with Crippen LogP contribution >= 0.6 is 0 Å². The van der Waals surface area contributed by atoms with E-state index in [1.54, 1.807) is 0 Å². The van der Waals surface area contributed by atoms with E-state index in [9.17, 15) is 8.42 Å². The van der Waals surface area contributed by atoms with Crippen LogP contribution in [0.4, 0.5) is 5.69 Å². The summed E-state index contributed by atoms with van der Waals surface area (Å²) >= 11 is 0. The molecule has 3 rings (SSSR count). The number of anilines is 1. The molecule has 1 unspecified atom stereocenters. The molecule has 2 N–H and O–H groups in total. The number of H-pyrrole nitrogens is 1. The van der Waals surface area contributed by atoms with Gasteiger partial charge < -0.3 is 5.32 Å². The molecule has 1 aromatic carbocycles. The summed E-state index contributed by atoms with van der Waals surface area (Å²) in [7, 11) is -1.67. The maximum Gasteiger partial charge on any atom is 0.267 e. The number of hydrogen-bond donors (Lipinski definition) is 2. The second-order valence-corrected chi connectivity index (χ2v) is 6.92. The fourth-order valence-corrected chi connectivity index (χ4v) is 4.22. The van der Waals surface area contributed by atoms with E-state index >= 15 is 0 Å². The van der Waals surface area contributed by atoms with Crippen molar-refractivity contribution < 1.29 is 8.42 Å². The lowest BCUT2D eigenvalue weighted by atomic mass is 10.0. The summed E-state index contributed by atoms with van der Waals surface area (Å²) in [5.74, 6) is 0. The molecule has 0 radical (unpaired) electrons. The molecule has 1 aromatic heterocycles. The van der Waals surface area contributed by atoms with Crippen LogP contribution in [0.5, 0.6) is 0 Å². The lowest BCUT2D eigenvalue weighted by molar-refractivity contribution is 0.543. The molecule has 1 aliphatic heterocycles. The minimum absolute atomic E-state index is 0.172. The lowest BCUT2D eigenvalue weighted by Crippen LogP contribution is -2.31. The van der Waals surface area contributed by atoms with Crippen LogP contribution in [-0.2, 0) is 10.0 Å². The van der Waals surface area contributed by atoms with Gasteiger partial charge >= 0.3 is 0 Å². The van der Waals surface area contributed by atoms with Gasteiger partial charge in [0.05, 0.1) is 11.9 Å². The molecule has 7 heteroatoms. The largest absolute Gasteiger partial charge is 0.313 e. The zero-order chi connectivity index (χ0) is 14.9. The Morgan fingerprint density at radius 3 is 2.90 bits per heavy atom. The first-order valence-corrected chi connectivity index (χ1v) is 8.36. The third-order valence-corrected chi connectivity index (χ3v) is 5.62. The molecule has 2 heterocycles. The normalized spacial score (nSPS) is 19.1. The van der Waals surface area contributed by atoms with Crippen molar-refractivity contribution in [3.05, 3.63) is 42.2 Å². The Bertz CT molecular complexity index is 712. The molecule has 0 fully saturated rings. The highest BCUT2D eigenvalue weighted by molar-refractivity contribution is 7.92. The number of aromatic amines is 1. The summed E-state index contributed by atoms with van der Waals surface area (Å²) < 4.78 is 27.1. The molecule has 112 valence electrons. The van der Waals surface area contributed by atoms with E-state index in [0.29, 0.717) is 6.54 Å². The Morgan fingerprint density at radius 1 is 1.38 bits per heavy atom. The Kier molecular flexibility index (Phi) is 3.69. The average molecular weight is 306 g/mol. The summed E-state index contributed by atoms with van der Waals surface area (Å²) in [6.07, 6.45) is 4.47. The van der Waals surface area contributed by atoms with Crippen LogP contribution in [0.1, 0.15) is 24.4 Å². The molecule has 0 saturated carbocycles. The minimum Gasteiger partial charge on any atom is -0.313 e. The number of para-hydroxylation sites is 1. The maximum atomic E-state index is 12.8. The highest BCUT2D eigenvalue weighted by Crippen LogP contribution is 2.35. The molecular weight excluding hydrogens is 288 g/mol. The van der Waals surface area contributed by atoms with Gasteiger partial charge in [-0.15, -0.1) is 0 Å². The van der Waals surface area contributed by atoms with Gasteiger partial charge in [-0.2, -0.15) is 5.10 Å². The van der Waals surface area contributed by atoms with Crippen LogP contribution in [0.15, 0.2) is 41.6 Å². The van der Waals surface area contributed by atoms with Crippen LogP contribution in [0.2, 0.25) is 0 Å². The summed E-state index contributed by atoms with van der Waals surface area (Å²) in [6.45, 7) is 0.475. The van der Waals surface area contributed by atoms with Crippen molar-refractivity contribution in [2.75, 3.05) is 17.9 Å². The van der Waals surface area contributed by atoms with Gasteiger partial charge in [0.2, 0.25) is 0 Å². The van der Waals surface area contributed by atoms with Crippen LogP contribution in [0.25, 0.3) is 0 Å². The lowest BCUT2D eigenvalue weighted by Gasteiger charge is -2.24. The van der Waals surface area contributed by atoms with Crippen LogP contribution in [-0.4, -0.2) is 32.2 Å². The predicted molar refractivity (Wildman–Crippen MR) is 80.6 cm³/mol. The topological polar surface area (TPSA) is 78.1 Å². The first-order valence-electron chi connectivity index (χ1n) is 6.92. The summed E-state index contributed by atoms with van der Waals surface area (Å²) in [4.78, 5) is 0.195. The van der Waals surface area contributed by atoms with Crippen molar-refractivity contribution in [2.45, 2.75) is 23.8 Å². The zero-order valence-corrected chi connectivity index (χ0v) is 12.6. The van der Waals surface area contributed by atoms with Crippen molar-refractivity contribution in [1.82, 2.24) is 15.5 Å². The van der Waals surface area contributed by atoms with E-state index in [0.717, 1.165) is 24.1 Å². The van der Waals surface area contributed by atoms with E-state index in [2.05, 4.69) is 15.5 Å². The van der Waals surface area contributed by atoms with E-state index in [4.69, 9.17) is 0 Å². The molecule has 0 spiro atoms. The summed E-state index contributed by atoms with van der Waals surface area (Å²) in [6, 6.07) is 7.83. The first-order chi connectivity index (χ1) is 10.1. The van der Waals surface area contributed by atoms with E-state index < -0.39 is 10.0 Å². The Labute approximate surface area is 124 Å². The average Bonchev–Trinajstić information content (AvgIpc) is 2.96. The van der Waals surface area contributed by atoms with Gasteiger partial charge in [-0.05, 0) is 31.5 Å². The van der Waals surface area contributed by atoms with Gasteiger partial charge in [-0.25, -0.2) is 8.42 Å². The van der Waals surface area contributed by atoms with Crippen molar-refractivity contribution in [2.24, 2.45) is 0 Å². The highest BCUT2D eigenvalue weighted by Gasteiger charge is 2.31. The molecule has 6 nitrogen and oxygen atoms in total. The quantitative estimate of drug-likeness (QED) is 0.904. The first kappa shape index (κ1) is 14.1. The fraction of sp³-hybridized carbons (Fsp3) is 0.357. The molecule has 0 bridgehead atoms. The van der Waals surface area contributed by atoms with E-state index in [1.807, 2.05) is 31.3 Å². The summed E-state index contributed by atoms with van der Waals surface area (Å²) in [5.41, 5.74) is 1.76. The maximum absolute atomic E-state index is 12.8. The Hall–Kier alpha value is -1.86. The minimum atomic E-state index is -3.58. The number of nitrogens with one attached hydrogen (secondary N) is 2. The van der Waals surface area contributed by atoms with Gasteiger partial charge in [-0.3, -0.25) is 9.40 Å². The van der Waals surface area contributed by atoms with Gasteiger partial charge in [0, 0.05) is 18.8 Å². The third kappa shape index (κ3) is 2.43. The van der Waals surface area contributed by atoms with E-state index in [1.165, 1.54) is 16.7 Å². The zero-order valence-electron chi connectivity index (χ0n) is 11.8. The van der Waals surface area contributed by atoms with Gasteiger partial charge in [0.25, 0.3) is 10.0 Å². The second-order valence-electron chi connectivity index (χ2n) is 5.05. The number of rotatable bonds is 3. The van der Waals surface area contributed by atoms with Crippen LogP contribution in [0.3, 0.4) is 0 Å². The van der Waals surface area contributed by atoms with Gasteiger partial charge in [-0.1, -0.05) is 18.2 Å². The van der Waals surface area contributed by atoms with Gasteiger partial charge in [0.15, 0.2) is 0 Å². The Balaban J connectivity index is 2.11. The molecule has 0 amide bonds. The molecule has 0 saturated heterocycles. The number of hydrogen-bond acceptors (Lipinski definition) is 4. The predicted octanol–water partition coefficient (Wildman–Crippen LogP) is 1.66. The number of benzene rings is 1. The molecule has 1 atom stereocenters. The molecule has 21 heavy (non-hydrogen) atoms. The monoisotopic (exact) mass is 306 g/mol. The summed E-state index contributed by atoms with van der Waals surface area (Å²) in [5, 5.41) is 9.58. The fourth-order valence-electron chi connectivity index (χ4n) is 2.78. The van der Waals surface area contributed by atoms with Crippen molar-refractivity contribution in [3.63, 3.8) is 0 Å². The smallest absolute Gasteiger partial charge is 0.267 e. The van der Waals surface area contributed by atoms with Crippen molar-refractivity contribution >= 4 is 15.7 Å². The van der Waals surface area contributed by atoms with Crippen molar-refractivity contribution in [1.29, 1.82) is 0 Å². The van der Waals surface area contributed by atoms with Gasteiger partial charge in [0.1, 0.15) is 4.90 Å². The second kappa shape index (κ2) is 5.50. The number of fused-ring (bicyclic) bond motifs is 1. The standard InChI is InChI=1S/C14H18N4O2S/c1-15-13-6-4-8-18(14-7-3-2-5-12(13)14)21(19,20)11-9-16-17-10-11/h2-3,5,7,9-10,13,15H,4,6,8H2,1H3,(H,16,17). The van der Waals surface area contributed by atoms with Crippen LogP contribution < -0.4 is 9.62 Å². The molecule has 2 aromatic rings. The third-order valence-electron chi connectivity index (χ3n) is 3.84. The van der Waals surface area contributed by atoms with Crippen LogP contribution in [0, 0.1) is 0 Å². The molecule has 1 aliphatic rings. The SMILES string of the molecule is CNC1CCCN(S(=O)(=O)c2cn[nH]c2)c2ccccc21. The molecular formula is C14H18N4O2S. The molecule has 0 aliphatic carbocycles. The number of nitrogens with zero attached hydrogens (tertiary/aromatic N) is 2. The number of aromatic nitrogens is 2. The van der Waals surface area contributed by atoms with Crippen molar-refractivity contribution in [3.8, 4) is 0 Å². The Morgan fingerprint density at radius 2 is 2.19 bits per heavy atom. The van der Waals surface area contributed by atoms with E-state index in [-0.39, 0.29) is 10.9 Å². The highest BCUT2D eigenvalue weighted by atomic mass is 32.2. The number of sulfonamides is 1.